The number of likely N-dealkylation sites (tertiary alicyclic amines) is 1. The van der Waals surface area contributed by atoms with Crippen LogP contribution in [0.4, 0.5) is 0 Å². The summed E-state index contributed by atoms with van der Waals surface area (Å²) in [5.41, 5.74) is 1.56. The van der Waals surface area contributed by atoms with Crippen LogP contribution in [0.2, 0.25) is 0 Å². The molecule has 9 heteroatoms. The van der Waals surface area contributed by atoms with E-state index in [-0.39, 0.29) is 29.7 Å². The number of fused-ring (bicyclic) bond motifs is 1. The molecule has 1 aliphatic rings. The Morgan fingerprint density at radius 3 is 2.90 bits per heavy atom. The Balaban J connectivity index is 1.34. The maximum Gasteiger partial charge on any atom is 0.242 e. The minimum absolute atomic E-state index is 0.0418. The van der Waals surface area contributed by atoms with E-state index in [0.29, 0.717) is 19.0 Å². The first-order valence-electron chi connectivity index (χ1n) is 9.56. The van der Waals surface area contributed by atoms with Gasteiger partial charge in [0.25, 0.3) is 0 Å². The van der Waals surface area contributed by atoms with E-state index in [0.717, 1.165) is 23.9 Å². The summed E-state index contributed by atoms with van der Waals surface area (Å²) in [5, 5.41) is 0. The molecule has 0 spiro atoms. The van der Waals surface area contributed by atoms with Gasteiger partial charge in [0.2, 0.25) is 15.9 Å². The lowest BCUT2D eigenvalue weighted by atomic mass is 9.97. The van der Waals surface area contributed by atoms with Gasteiger partial charge in [-0.15, -0.1) is 0 Å². The summed E-state index contributed by atoms with van der Waals surface area (Å²) in [6.07, 6.45) is 4.65. The summed E-state index contributed by atoms with van der Waals surface area (Å²) < 4.78 is 32.8. The number of oxazole rings is 1. The number of hydrogen-bond donors (Lipinski definition) is 1. The highest BCUT2D eigenvalue weighted by atomic mass is 32.2. The molecular weight excluding hydrogens is 392 g/mol. The number of rotatable bonds is 6. The van der Waals surface area contributed by atoms with E-state index in [1.807, 2.05) is 24.3 Å². The maximum absolute atomic E-state index is 12.6. The lowest BCUT2D eigenvalue weighted by Crippen LogP contribution is -2.40. The number of pyridine rings is 1. The molecule has 1 aliphatic heterocycles. The fraction of sp³-hybridized carbons (Fsp3) is 0.350. The van der Waals surface area contributed by atoms with Crippen LogP contribution >= 0.6 is 0 Å². The SMILES string of the molecule is O=C(CCNS(=O)(=O)c1cccnc1)N1CCC[C@@H](c2nc3ccccc3o2)C1. The molecule has 2 aromatic heterocycles. The number of sulfonamides is 1. The molecular formula is C20H22N4O4S. The van der Waals surface area contributed by atoms with Crippen molar-refractivity contribution in [3.8, 4) is 0 Å². The third kappa shape index (κ3) is 4.46. The number of para-hydroxylation sites is 2. The molecule has 1 aromatic carbocycles. The van der Waals surface area contributed by atoms with Gasteiger partial charge in [0.15, 0.2) is 11.5 Å². The second kappa shape index (κ2) is 8.30. The molecule has 1 N–H and O–H groups in total. The van der Waals surface area contributed by atoms with Crippen LogP contribution in [0.3, 0.4) is 0 Å². The van der Waals surface area contributed by atoms with Crippen LogP contribution in [0.25, 0.3) is 11.1 Å². The Hall–Kier alpha value is -2.78. The molecule has 1 amide bonds. The Labute approximate surface area is 169 Å². The van der Waals surface area contributed by atoms with Crippen LogP contribution in [0.1, 0.15) is 31.1 Å². The smallest absolute Gasteiger partial charge is 0.242 e. The predicted octanol–water partition coefficient (Wildman–Crippen LogP) is 2.30. The van der Waals surface area contributed by atoms with Crippen LogP contribution in [0, 0.1) is 0 Å². The van der Waals surface area contributed by atoms with E-state index >= 15 is 0 Å². The molecule has 29 heavy (non-hydrogen) atoms. The fourth-order valence-corrected chi connectivity index (χ4v) is 4.50. The van der Waals surface area contributed by atoms with Gasteiger partial charge in [0.1, 0.15) is 10.4 Å². The zero-order valence-corrected chi connectivity index (χ0v) is 16.6. The molecule has 0 radical (unpaired) electrons. The van der Waals surface area contributed by atoms with E-state index in [1.54, 1.807) is 11.0 Å². The van der Waals surface area contributed by atoms with Gasteiger partial charge in [-0.1, -0.05) is 12.1 Å². The van der Waals surface area contributed by atoms with Gasteiger partial charge in [-0.25, -0.2) is 18.1 Å². The quantitative estimate of drug-likeness (QED) is 0.663. The van der Waals surface area contributed by atoms with Crippen molar-refractivity contribution < 1.29 is 17.6 Å². The number of hydrogen-bond acceptors (Lipinski definition) is 6. The molecule has 3 heterocycles. The van der Waals surface area contributed by atoms with Crippen LogP contribution in [-0.4, -0.2) is 48.8 Å². The zero-order chi connectivity index (χ0) is 20.3. The van der Waals surface area contributed by atoms with E-state index in [1.165, 1.54) is 18.5 Å². The first kappa shape index (κ1) is 19.5. The van der Waals surface area contributed by atoms with Crippen LogP contribution in [0.5, 0.6) is 0 Å². The summed E-state index contributed by atoms with van der Waals surface area (Å²) >= 11 is 0. The number of nitrogens with zero attached hydrogens (tertiary/aromatic N) is 3. The predicted molar refractivity (Wildman–Crippen MR) is 107 cm³/mol. The van der Waals surface area contributed by atoms with E-state index < -0.39 is 10.0 Å². The summed E-state index contributed by atoms with van der Waals surface area (Å²) in [4.78, 5) is 22.8. The Kier molecular flexibility index (Phi) is 5.59. The molecule has 1 atom stereocenters. The molecule has 4 rings (SSSR count). The van der Waals surface area contributed by atoms with Crippen molar-refractivity contribution in [2.45, 2.75) is 30.1 Å². The topological polar surface area (TPSA) is 105 Å². The number of carbonyl (C=O) groups excluding carboxylic acids is 1. The molecule has 1 saturated heterocycles. The van der Waals surface area contributed by atoms with Crippen molar-refractivity contribution >= 4 is 27.0 Å². The molecule has 0 unspecified atom stereocenters. The monoisotopic (exact) mass is 414 g/mol. The molecule has 152 valence electrons. The minimum atomic E-state index is -3.66. The van der Waals surface area contributed by atoms with Crippen LogP contribution < -0.4 is 4.72 Å². The highest BCUT2D eigenvalue weighted by Gasteiger charge is 2.28. The highest BCUT2D eigenvalue weighted by molar-refractivity contribution is 7.89. The largest absolute Gasteiger partial charge is 0.440 e. The molecule has 8 nitrogen and oxygen atoms in total. The Bertz CT molecular complexity index is 1060. The lowest BCUT2D eigenvalue weighted by molar-refractivity contribution is -0.132. The van der Waals surface area contributed by atoms with Gasteiger partial charge in [-0.3, -0.25) is 9.78 Å². The number of aromatic nitrogens is 2. The number of nitrogens with one attached hydrogen (secondary N) is 1. The normalized spacial score (nSPS) is 17.5. The fourth-order valence-electron chi connectivity index (χ4n) is 3.51. The van der Waals surface area contributed by atoms with Crippen molar-refractivity contribution in [1.29, 1.82) is 0 Å². The number of amides is 1. The second-order valence-corrected chi connectivity index (χ2v) is 8.80. The van der Waals surface area contributed by atoms with E-state index in [2.05, 4.69) is 14.7 Å². The van der Waals surface area contributed by atoms with Gasteiger partial charge >= 0.3 is 0 Å². The minimum Gasteiger partial charge on any atom is -0.440 e. The molecule has 3 aromatic rings. The third-order valence-electron chi connectivity index (χ3n) is 5.01. The van der Waals surface area contributed by atoms with Crippen molar-refractivity contribution in [2.24, 2.45) is 0 Å². The van der Waals surface area contributed by atoms with Crippen molar-refractivity contribution in [1.82, 2.24) is 19.6 Å². The Morgan fingerprint density at radius 1 is 1.24 bits per heavy atom. The highest BCUT2D eigenvalue weighted by Crippen LogP contribution is 2.29. The van der Waals surface area contributed by atoms with Gasteiger partial charge < -0.3 is 9.32 Å². The number of piperidine rings is 1. The van der Waals surface area contributed by atoms with Crippen molar-refractivity contribution in [3.05, 3.63) is 54.7 Å². The average molecular weight is 414 g/mol. The molecule has 1 fully saturated rings. The van der Waals surface area contributed by atoms with Gasteiger partial charge in [-0.05, 0) is 37.1 Å². The van der Waals surface area contributed by atoms with Crippen molar-refractivity contribution in [2.75, 3.05) is 19.6 Å². The Morgan fingerprint density at radius 2 is 2.10 bits per heavy atom. The van der Waals surface area contributed by atoms with Crippen molar-refractivity contribution in [3.63, 3.8) is 0 Å². The van der Waals surface area contributed by atoms with Gasteiger partial charge in [0.05, 0.1) is 5.92 Å². The summed E-state index contributed by atoms with van der Waals surface area (Å²) in [5.74, 6) is 0.618. The first-order valence-corrected chi connectivity index (χ1v) is 11.0. The van der Waals surface area contributed by atoms with E-state index in [4.69, 9.17) is 4.42 Å². The van der Waals surface area contributed by atoms with Crippen LogP contribution in [0.15, 0.2) is 58.1 Å². The first-order chi connectivity index (χ1) is 14.0. The summed E-state index contributed by atoms with van der Waals surface area (Å²) in [6, 6.07) is 10.6. The average Bonchev–Trinajstić information content (AvgIpc) is 3.19. The van der Waals surface area contributed by atoms with Gasteiger partial charge in [0, 0.05) is 38.4 Å². The standard InChI is InChI=1S/C20H22N4O4S/c25-19(9-11-22-29(26,27)16-6-3-10-21-13-16)24-12-4-5-15(14-24)20-23-17-7-1-2-8-18(17)28-20/h1-3,6-8,10,13,15,22H,4-5,9,11-12,14H2/t15-/m1/s1. The maximum atomic E-state index is 12.6. The summed E-state index contributed by atoms with van der Waals surface area (Å²) in [6.45, 7) is 1.23. The molecule has 0 bridgehead atoms. The van der Waals surface area contributed by atoms with E-state index in [9.17, 15) is 13.2 Å². The van der Waals surface area contributed by atoms with Gasteiger partial charge in [-0.2, -0.15) is 0 Å². The second-order valence-electron chi connectivity index (χ2n) is 7.04. The number of carbonyl (C=O) groups is 1. The summed E-state index contributed by atoms with van der Waals surface area (Å²) in [7, 11) is -3.66. The van der Waals surface area contributed by atoms with Crippen LogP contribution in [-0.2, 0) is 14.8 Å². The lowest BCUT2D eigenvalue weighted by Gasteiger charge is -2.31. The molecule has 0 saturated carbocycles. The molecule has 0 aliphatic carbocycles. The number of benzene rings is 1. The zero-order valence-electron chi connectivity index (χ0n) is 15.8. The third-order valence-corrected chi connectivity index (χ3v) is 6.46.